The molecule has 2 amide bonds. The molecule has 2 aliphatic rings. The standard InChI is InChI=1S/C18H28N4O3/c1-3-12(2)15-10-16(25-21-15)18(24)20-14-6-8-22(9-7-14)11-17(23)19-13-4-5-13/h10,12-14H,3-9,11H2,1-2H3,(H,19,23)(H,20,24)/t12-/m0/s1. The molecule has 25 heavy (non-hydrogen) atoms. The van der Waals surface area contributed by atoms with Crippen molar-refractivity contribution in [2.45, 2.75) is 64.0 Å². The number of carbonyl (C=O) groups excluding carboxylic acids is 2. The van der Waals surface area contributed by atoms with Gasteiger partial charge in [0.1, 0.15) is 0 Å². The molecule has 0 spiro atoms. The summed E-state index contributed by atoms with van der Waals surface area (Å²) in [6, 6.07) is 2.26. The predicted octanol–water partition coefficient (Wildman–Crippen LogP) is 1.66. The highest BCUT2D eigenvalue weighted by Crippen LogP contribution is 2.19. The van der Waals surface area contributed by atoms with Gasteiger partial charge in [-0.25, -0.2) is 0 Å². The van der Waals surface area contributed by atoms with Gasteiger partial charge in [0, 0.05) is 37.2 Å². The summed E-state index contributed by atoms with van der Waals surface area (Å²) in [6.45, 7) is 6.24. The minimum atomic E-state index is -0.202. The molecule has 7 nitrogen and oxygen atoms in total. The van der Waals surface area contributed by atoms with Gasteiger partial charge in [0.15, 0.2) is 0 Å². The molecule has 1 saturated carbocycles. The van der Waals surface area contributed by atoms with Crippen LogP contribution in [0.4, 0.5) is 0 Å². The molecule has 1 atom stereocenters. The summed E-state index contributed by atoms with van der Waals surface area (Å²) in [5, 5.41) is 10.0. The highest BCUT2D eigenvalue weighted by atomic mass is 16.5. The summed E-state index contributed by atoms with van der Waals surface area (Å²) in [5.41, 5.74) is 0.823. The van der Waals surface area contributed by atoms with Crippen LogP contribution in [0.5, 0.6) is 0 Å². The van der Waals surface area contributed by atoms with Crippen molar-refractivity contribution >= 4 is 11.8 Å². The Balaban J connectivity index is 1.41. The van der Waals surface area contributed by atoms with Crippen molar-refractivity contribution in [3.05, 3.63) is 17.5 Å². The van der Waals surface area contributed by atoms with Crippen molar-refractivity contribution < 1.29 is 14.1 Å². The van der Waals surface area contributed by atoms with Crippen LogP contribution in [0.3, 0.4) is 0 Å². The molecule has 138 valence electrons. The van der Waals surface area contributed by atoms with E-state index in [1.54, 1.807) is 6.07 Å². The number of nitrogens with zero attached hydrogens (tertiary/aromatic N) is 2. The van der Waals surface area contributed by atoms with Crippen molar-refractivity contribution in [3.63, 3.8) is 0 Å². The van der Waals surface area contributed by atoms with E-state index in [-0.39, 0.29) is 29.5 Å². The molecule has 1 saturated heterocycles. The Morgan fingerprint density at radius 3 is 2.56 bits per heavy atom. The van der Waals surface area contributed by atoms with Gasteiger partial charge in [0.25, 0.3) is 5.91 Å². The predicted molar refractivity (Wildman–Crippen MR) is 93.3 cm³/mol. The molecule has 3 rings (SSSR count). The lowest BCUT2D eigenvalue weighted by atomic mass is 10.0. The fraction of sp³-hybridized carbons (Fsp3) is 0.722. The van der Waals surface area contributed by atoms with E-state index in [0.29, 0.717) is 12.6 Å². The van der Waals surface area contributed by atoms with Crippen LogP contribution in [0.2, 0.25) is 0 Å². The van der Waals surface area contributed by atoms with Crippen molar-refractivity contribution in [1.82, 2.24) is 20.7 Å². The Kier molecular flexibility index (Phi) is 5.73. The topological polar surface area (TPSA) is 87.5 Å². The smallest absolute Gasteiger partial charge is 0.290 e. The van der Waals surface area contributed by atoms with Crippen LogP contribution >= 0.6 is 0 Å². The Morgan fingerprint density at radius 2 is 1.92 bits per heavy atom. The number of hydrogen-bond donors (Lipinski definition) is 2. The fourth-order valence-corrected chi connectivity index (χ4v) is 3.03. The molecule has 2 fully saturated rings. The number of rotatable bonds is 7. The van der Waals surface area contributed by atoms with Crippen LogP contribution in [-0.4, -0.2) is 53.6 Å². The Hall–Kier alpha value is -1.89. The van der Waals surface area contributed by atoms with E-state index in [1.165, 1.54) is 0 Å². The average molecular weight is 348 g/mol. The van der Waals surface area contributed by atoms with Gasteiger partial charge in [0.05, 0.1) is 12.2 Å². The Labute approximate surface area is 148 Å². The van der Waals surface area contributed by atoms with Crippen LogP contribution in [-0.2, 0) is 4.79 Å². The van der Waals surface area contributed by atoms with E-state index in [4.69, 9.17) is 4.52 Å². The molecule has 1 aromatic heterocycles. The van der Waals surface area contributed by atoms with Gasteiger partial charge in [-0.3, -0.25) is 14.5 Å². The van der Waals surface area contributed by atoms with Crippen LogP contribution in [0, 0.1) is 0 Å². The van der Waals surface area contributed by atoms with Crippen molar-refractivity contribution in [1.29, 1.82) is 0 Å². The van der Waals surface area contributed by atoms with Gasteiger partial charge in [-0.05, 0) is 32.1 Å². The lowest BCUT2D eigenvalue weighted by Gasteiger charge is -2.31. The molecule has 2 N–H and O–H groups in total. The maximum atomic E-state index is 12.3. The maximum absolute atomic E-state index is 12.3. The molecule has 1 aliphatic carbocycles. The second kappa shape index (κ2) is 7.99. The molecule has 2 heterocycles. The molecular weight excluding hydrogens is 320 g/mol. The van der Waals surface area contributed by atoms with E-state index in [1.807, 2.05) is 0 Å². The Morgan fingerprint density at radius 1 is 1.24 bits per heavy atom. The van der Waals surface area contributed by atoms with E-state index in [0.717, 1.165) is 50.9 Å². The Bertz CT molecular complexity index is 603. The fourth-order valence-electron chi connectivity index (χ4n) is 3.03. The zero-order valence-corrected chi connectivity index (χ0v) is 15.1. The first-order valence-electron chi connectivity index (χ1n) is 9.34. The molecule has 0 unspecified atom stereocenters. The summed E-state index contributed by atoms with van der Waals surface area (Å²) in [7, 11) is 0. The third-order valence-corrected chi connectivity index (χ3v) is 5.10. The van der Waals surface area contributed by atoms with Gasteiger partial charge >= 0.3 is 0 Å². The molecular formula is C18H28N4O3. The SMILES string of the molecule is CC[C@H](C)c1cc(C(=O)NC2CCN(CC(=O)NC3CC3)CC2)on1. The molecule has 0 aromatic carbocycles. The van der Waals surface area contributed by atoms with E-state index in [9.17, 15) is 9.59 Å². The van der Waals surface area contributed by atoms with Gasteiger partial charge < -0.3 is 15.2 Å². The minimum Gasteiger partial charge on any atom is -0.352 e. The monoisotopic (exact) mass is 348 g/mol. The number of aromatic nitrogens is 1. The minimum absolute atomic E-state index is 0.115. The highest BCUT2D eigenvalue weighted by Gasteiger charge is 2.27. The normalized spacial score (nSPS) is 20.2. The first kappa shape index (κ1) is 17.9. The zero-order valence-electron chi connectivity index (χ0n) is 15.1. The van der Waals surface area contributed by atoms with E-state index < -0.39 is 0 Å². The molecule has 7 heteroatoms. The number of piperidine rings is 1. The molecule has 1 aromatic rings. The lowest BCUT2D eigenvalue weighted by molar-refractivity contribution is -0.122. The van der Waals surface area contributed by atoms with Gasteiger partial charge in [-0.1, -0.05) is 19.0 Å². The van der Waals surface area contributed by atoms with E-state index in [2.05, 4.69) is 34.5 Å². The van der Waals surface area contributed by atoms with Crippen molar-refractivity contribution in [2.75, 3.05) is 19.6 Å². The first-order chi connectivity index (χ1) is 12.0. The van der Waals surface area contributed by atoms with Crippen molar-refractivity contribution in [3.8, 4) is 0 Å². The summed E-state index contributed by atoms with van der Waals surface area (Å²) in [4.78, 5) is 26.3. The van der Waals surface area contributed by atoms with Gasteiger partial charge in [0.2, 0.25) is 11.7 Å². The second-order valence-electron chi connectivity index (χ2n) is 7.29. The quantitative estimate of drug-likeness (QED) is 0.782. The highest BCUT2D eigenvalue weighted by molar-refractivity contribution is 5.91. The largest absolute Gasteiger partial charge is 0.352 e. The van der Waals surface area contributed by atoms with E-state index >= 15 is 0 Å². The summed E-state index contributed by atoms with van der Waals surface area (Å²) < 4.78 is 5.18. The second-order valence-corrected chi connectivity index (χ2v) is 7.29. The summed E-state index contributed by atoms with van der Waals surface area (Å²) >= 11 is 0. The third-order valence-electron chi connectivity index (χ3n) is 5.10. The first-order valence-corrected chi connectivity index (χ1v) is 9.34. The van der Waals surface area contributed by atoms with Crippen molar-refractivity contribution in [2.24, 2.45) is 0 Å². The number of hydrogen-bond acceptors (Lipinski definition) is 5. The molecule has 0 radical (unpaired) electrons. The molecule has 0 bridgehead atoms. The summed E-state index contributed by atoms with van der Waals surface area (Å²) in [6.07, 6.45) is 4.87. The van der Waals surface area contributed by atoms with Gasteiger partial charge in [-0.2, -0.15) is 0 Å². The lowest BCUT2D eigenvalue weighted by Crippen LogP contribution is -2.47. The van der Waals surface area contributed by atoms with Crippen LogP contribution < -0.4 is 10.6 Å². The maximum Gasteiger partial charge on any atom is 0.290 e. The third kappa shape index (κ3) is 5.04. The summed E-state index contributed by atoms with van der Waals surface area (Å²) in [5.74, 6) is 0.480. The zero-order chi connectivity index (χ0) is 17.8. The number of carbonyl (C=O) groups is 2. The molecule has 1 aliphatic heterocycles. The number of nitrogens with one attached hydrogen (secondary N) is 2. The number of likely N-dealkylation sites (tertiary alicyclic amines) is 1. The average Bonchev–Trinajstić information content (AvgIpc) is 3.26. The van der Waals surface area contributed by atoms with Gasteiger partial charge in [-0.15, -0.1) is 0 Å². The number of amides is 2. The van der Waals surface area contributed by atoms with Crippen LogP contribution in [0.15, 0.2) is 10.6 Å². The van der Waals surface area contributed by atoms with Crippen LogP contribution in [0.25, 0.3) is 0 Å². The van der Waals surface area contributed by atoms with Crippen LogP contribution in [0.1, 0.15) is 68.1 Å².